The number of rotatable bonds is 13. The van der Waals surface area contributed by atoms with Crippen LogP contribution in [0.15, 0.2) is 28.0 Å². The zero-order chi connectivity index (χ0) is 22.0. The Morgan fingerprint density at radius 2 is 2.03 bits per heavy atom. The molecule has 0 spiro atoms. The first kappa shape index (κ1) is 27.2. The molecule has 0 fully saturated rings. The fourth-order valence-corrected chi connectivity index (χ4v) is 5.15. The highest BCUT2D eigenvalue weighted by Crippen LogP contribution is 2.34. The van der Waals surface area contributed by atoms with Gasteiger partial charge in [0.2, 0.25) is 0 Å². The minimum atomic E-state index is -0.907. The number of pyridine rings is 1. The van der Waals surface area contributed by atoms with Gasteiger partial charge in [-0.1, -0.05) is 44.4 Å². The van der Waals surface area contributed by atoms with Gasteiger partial charge in [-0.2, -0.15) is 5.26 Å². The minimum Gasteiger partial charge on any atom is -0.480 e. The Labute approximate surface area is 199 Å². The third kappa shape index (κ3) is 8.68. The second kappa shape index (κ2) is 13.6. The van der Waals surface area contributed by atoms with Crippen molar-refractivity contribution in [3.05, 3.63) is 35.0 Å². The molecule has 2 aromatic heterocycles. The Morgan fingerprint density at radius 1 is 1.29 bits per heavy atom. The summed E-state index contributed by atoms with van der Waals surface area (Å²) in [5.74, 6) is -0.120. The third-order valence-corrected chi connectivity index (χ3v) is 6.94. The lowest BCUT2D eigenvalue weighted by atomic mass is 10.1. The van der Waals surface area contributed by atoms with Crippen LogP contribution in [-0.2, 0) is 11.2 Å². The SMILES string of the molecule is CCCCCCCN(CCc1csc(SC(C)(C)C(=O)O)n1)c1ncccc1C#N.Cl. The van der Waals surface area contributed by atoms with Gasteiger partial charge in [0, 0.05) is 31.1 Å². The number of nitriles is 1. The average molecular weight is 483 g/mol. The molecule has 6 nitrogen and oxygen atoms in total. The normalized spacial score (nSPS) is 10.9. The van der Waals surface area contributed by atoms with Gasteiger partial charge in [-0.15, -0.1) is 23.7 Å². The van der Waals surface area contributed by atoms with E-state index in [2.05, 4.69) is 27.9 Å². The lowest BCUT2D eigenvalue weighted by Gasteiger charge is -2.24. The predicted octanol–water partition coefficient (Wildman–Crippen LogP) is 5.81. The van der Waals surface area contributed by atoms with Crippen molar-refractivity contribution < 1.29 is 9.90 Å². The summed E-state index contributed by atoms with van der Waals surface area (Å²) in [6, 6.07) is 5.84. The molecule has 2 aromatic rings. The summed E-state index contributed by atoms with van der Waals surface area (Å²) in [5, 5.41) is 20.8. The Hall–Kier alpha value is -1.82. The Kier molecular flexibility index (Phi) is 11.9. The molecular weight excluding hydrogens is 452 g/mol. The molecule has 170 valence electrons. The van der Waals surface area contributed by atoms with Crippen molar-refractivity contribution in [2.24, 2.45) is 0 Å². The van der Waals surface area contributed by atoms with E-state index >= 15 is 0 Å². The Morgan fingerprint density at radius 3 is 2.71 bits per heavy atom. The molecule has 2 rings (SSSR count). The summed E-state index contributed by atoms with van der Waals surface area (Å²) < 4.78 is -0.144. The lowest BCUT2D eigenvalue weighted by molar-refractivity contribution is -0.138. The van der Waals surface area contributed by atoms with Crippen molar-refractivity contribution in [1.82, 2.24) is 9.97 Å². The summed E-state index contributed by atoms with van der Waals surface area (Å²) in [4.78, 5) is 22.6. The molecule has 0 saturated heterocycles. The zero-order valence-electron chi connectivity index (χ0n) is 18.3. The number of anilines is 1. The van der Waals surface area contributed by atoms with Crippen LogP contribution in [0.25, 0.3) is 0 Å². The Balaban J connectivity index is 0.00000480. The first-order valence-corrected chi connectivity index (χ1v) is 12.0. The highest BCUT2D eigenvalue weighted by molar-refractivity contribution is 8.02. The summed E-state index contributed by atoms with van der Waals surface area (Å²) in [6.45, 7) is 7.15. The maximum atomic E-state index is 11.3. The van der Waals surface area contributed by atoms with Gasteiger partial charge in [-0.05, 0) is 32.4 Å². The fraction of sp³-hybridized carbons (Fsp3) is 0.545. The Bertz CT molecular complexity index is 867. The first-order chi connectivity index (χ1) is 14.4. The van der Waals surface area contributed by atoms with Crippen molar-refractivity contribution in [2.75, 3.05) is 18.0 Å². The molecule has 0 aromatic carbocycles. The number of carbonyl (C=O) groups is 1. The molecule has 31 heavy (non-hydrogen) atoms. The predicted molar refractivity (Wildman–Crippen MR) is 131 cm³/mol. The molecule has 0 saturated carbocycles. The number of aromatic nitrogens is 2. The number of thiazole rings is 1. The molecule has 0 aliphatic rings. The van der Waals surface area contributed by atoms with E-state index < -0.39 is 10.7 Å². The minimum absolute atomic E-state index is 0. The fourth-order valence-electron chi connectivity index (χ4n) is 2.93. The van der Waals surface area contributed by atoms with Crippen LogP contribution in [0, 0.1) is 11.3 Å². The second-order valence-corrected chi connectivity index (χ2v) is 10.4. The molecule has 0 aliphatic heterocycles. The van der Waals surface area contributed by atoms with Gasteiger partial charge in [-0.3, -0.25) is 4.79 Å². The number of hydrogen-bond donors (Lipinski definition) is 1. The summed E-state index contributed by atoms with van der Waals surface area (Å²) in [6.07, 6.45) is 8.37. The van der Waals surface area contributed by atoms with Gasteiger partial charge >= 0.3 is 5.97 Å². The van der Waals surface area contributed by atoms with Crippen LogP contribution < -0.4 is 4.90 Å². The van der Waals surface area contributed by atoms with E-state index in [4.69, 9.17) is 0 Å². The first-order valence-electron chi connectivity index (χ1n) is 10.3. The summed E-state index contributed by atoms with van der Waals surface area (Å²) in [7, 11) is 0. The van der Waals surface area contributed by atoms with E-state index in [1.54, 1.807) is 32.2 Å². The summed E-state index contributed by atoms with van der Waals surface area (Å²) in [5.41, 5.74) is 1.53. The molecule has 0 bridgehead atoms. The molecule has 0 atom stereocenters. The van der Waals surface area contributed by atoms with Crippen molar-refractivity contribution in [3.8, 4) is 6.07 Å². The van der Waals surface area contributed by atoms with Crippen LogP contribution in [0.4, 0.5) is 5.82 Å². The molecule has 2 heterocycles. The second-order valence-electron chi connectivity index (χ2n) is 7.66. The monoisotopic (exact) mass is 482 g/mol. The molecule has 0 unspecified atom stereocenters. The van der Waals surface area contributed by atoms with Crippen molar-refractivity contribution in [2.45, 2.75) is 68.4 Å². The van der Waals surface area contributed by atoms with E-state index in [0.29, 0.717) is 5.56 Å². The maximum absolute atomic E-state index is 11.3. The third-order valence-electron chi connectivity index (χ3n) is 4.76. The number of halogens is 1. The van der Waals surface area contributed by atoms with E-state index in [-0.39, 0.29) is 12.4 Å². The number of hydrogen-bond acceptors (Lipinski definition) is 7. The number of thioether (sulfide) groups is 1. The van der Waals surface area contributed by atoms with Crippen LogP contribution in [0.3, 0.4) is 0 Å². The molecule has 0 amide bonds. The van der Waals surface area contributed by atoms with Crippen LogP contribution >= 0.6 is 35.5 Å². The highest BCUT2D eigenvalue weighted by Gasteiger charge is 2.29. The average Bonchev–Trinajstić information content (AvgIpc) is 3.16. The van der Waals surface area contributed by atoms with Crippen LogP contribution in [0.2, 0.25) is 0 Å². The van der Waals surface area contributed by atoms with Gasteiger partial charge in [-0.25, -0.2) is 9.97 Å². The van der Waals surface area contributed by atoms with Crippen molar-refractivity contribution >= 4 is 47.3 Å². The standard InChI is InChI=1S/C22H30N4O2S2.ClH/c1-4-5-6-7-8-13-26(19-17(15-23)10-9-12-24-19)14-11-18-16-29-21(25-18)30-22(2,3)20(27)28;/h9-10,12,16H,4-8,11,13-14H2,1-3H3,(H,27,28);1H. The maximum Gasteiger partial charge on any atom is 0.319 e. The van der Waals surface area contributed by atoms with Crippen LogP contribution in [-0.4, -0.2) is 38.9 Å². The van der Waals surface area contributed by atoms with Gasteiger partial charge in [0.05, 0.1) is 11.3 Å². The van der Waals surface area contributed by atoms with Gasteiger partial charge < -0.3 is 10.0 Å². The largest absolute Gasteiger partial charge is 0.480 e. The van der Waals surface area contributed by atoms with E-state index in [0.717, 1.165) is 41.8 Å². The van der Waals surface area contributed by atoms with E-state index in [1.165, 1.54) is 48.8 Å². The number of carboxylic acid groups (broad SMARTS) is 1. The molecule has 1 N–H and O–H groups in total. The molecule has 9 heteroatoms. The molecular formula is C22H31ClN4O2S2. The topological polar surface area (TPSA) is 90.1 Å². The van der Waals surface area contributed by atoms with Crippen molar-refractivity contribution in [1.29, 1.82) is 5.26 Å². The van der Waals surface area contributed by atoms with E-state index in [9.17, 15) is 15.2 Å². The molecule has 0 aliphatic carbocycles. The number of unbranched alkanes of at least 4 members (excludes halogenated alkanes) is 4. The summed E-state index contributed by atoms with van der Waals surface area (Å²) >= 11 is 2.75. The quantitative estimate of drug-likeness (QED) is 0.284. The van der Waals surface area contributed by atoms with Gasteiger partial charge in [0.15, 0.2) is 4.34 Å². The number of nitrogens with zero attached hydrogens (tertiary/aromatic N) is 4. The smallest absolute Gasteiger partial charge is 0.319 e. The number of carboxylic acids is 1. The van der Waals surface area contributed by atoms with E-state index in [1.807, 2.05) is 5.38 Å². The van der Waals surface area contributed by atoms with Crippen molar-refractivity contribution in [3.63, 3.8) is 0 Å². The van der Waals surface area contributed by atoms with Crippen LogP contribution in [0.5, 0.6) is 0 Å². The van der Waals surface area contributed by atoms with Gasteiger partial charge in [0.25, 0.3) is 0 Å². The van der Waals surface area contributed by atoms with Crippen LogP contribution in [0.1, 0.15) is 64.1 Å². The van der Waals surface area contributed by atoms with Gasteiger partial charge in [0.1, 0.15) is 16.6 Å². The molecule has 0 radical (unpaired) electrons. The zero-order valence-corrected chi connectivity index (χ0v) is 20.8. The lowest BCUT2D eigenvalue weighted by Crippen LogP contribution is -2.29. The highest BCUT2D eigenvalue weighted by atomic mass is 35.5. The number of aliphatic carboxylic acids is 1.